The molecule has 0 amide bonds. The molecule has 0 aliphatic carbocycles. The summed E-state index contributed by atoms with van der Waals surface area (Å²) in [6, 6.07) is 0. The lowest BCUT2D eigenvalue weighted by Gasteiger charge is -1.94. The van der Waals surface area contributed by atoms with Crippen LogP contribution in [0, 0.1) is 0 Å². The van der Waals surface area contributed by atoms with Crippen molar-refractivity contribution in [3.8, 4) is 0 Å². The number of carbonyl (C=O) groups excluding carboxylic acids is 1. The Kier molecular flexibility index (Phi) is 5.22. The highest BCUT2D eigenvalue weighted by Crippen LogP contribution is 2.16. The zero-order valence-electron chi connectivity index (χ0n) is 4.07. The van der Waals surface area contributed by atoms with Crippen LogP contribution in [0.3, 0.4) is 0 Å². The second-order valence-corrected chi connectivity index (χ2v) is 3.53. The third-order valence-corrected chi connectivity index (χ3v) is 2.62. The maximum absolute atomic E-state index is 10.7. The predicted octanol–water partition coefficient (Wildman–Crippen LogP) is 2.99. The Balaban J connectivity index is 4.06. The van der Waals surface area contributed by atoms with E-state index in [1.807, 2.05) is 0 Å². The molecule has 0 fully saturated rings. The molecule has 52 valence electrons. The lowest BCUT2D eigenvalue weighted by molar-refractivity contribution is -0.113. The molecule has 0 atom stereocenters. The lowest BCUT2D eigenvalue weighted by atomic mass is 10.4. The van der Waals surface area contributed by atoms with Gasteiger partial charge in [0.25, 0.3) is 0 Å². The van der Waals surface area contributed by atoms with Crippen molar-refractivity contribution in [3.05, 3.63) is 9.47 Å². The van der Waals surface area contributed by atoms with Gasteiger partial charge in [-0.25, -0.2) is 0 Å². The van der Waals surface area contributed by atoms with E-state index in [2.05, 4.69) is 31.9 Å². The topological polar surface area (TPSA) is 17.1 Å². The summed E-state index contributed by atoms with van der Waals surface area (Å²) < 4.78 is 0.331. The van der Waals surface area contributed by atoms with Crippen LogP contribution >= 0.6 is 55.1 Å². The fraction of sp³-hybridized carbons (Fsp3) is 0.250. The van der Waals surface area contributed by atoms with Crippen LogP contribution in [0.2, 0.25) is 0 Å². The second kappa shape index (κ2) is 4.72. The summed E-state index contributed by atoms with van der Waals surface area (Å²) in [6.07, 6.45) is 0. The highest BCUT2D eigenvalue weighted by Gasteiger charge is 2.13. The average Bonchev–Trinajstić information content (AvgIpc) is 1.84. The monoisotopic (exact) mass is 294 g/mol. The molecule has 0 spiro atoms. The molecule has 0 unspecified atom stereocenters. The number of carbonyl (C=O) groups is 1. The van der Waals surface area contributed by atoms with E-state index >= 15 is 0 Å². The normalized spacial score (nSPS) is 12.3. The van der Waals surface area contributed by atoms with Crippen molar-refractivity contribution in [2.75, 3.05) is 0 Å². The minimum Gasteiger partial charge on any atom is -0.290 e. The number of ketones is 1. The Morgan fingerprint density at radius 3 is 2.11 bits per heavy atom. The number of alkyl halides is 2. The molecule has 0 saturated carbocycles. The summed E-state index contributed by atoms with van der Waals surface area (Å²) in [5, 5.41) is 0. The van der Waals surface area contributed by atoms with Gasteiger partial charge in [0.2, 0.25) is 5.78 Å². The van der Waals surface area contributed by atoms with E-state index in [1.165, 1.54) is 4.99 Å². The second-order valence-electron chi connectivity index (χ2n) is 1.12. The molecular weight excluding hydrogens is 295 g/mol. The van der Waals surface area contributed by atoms with E-state index in [9.17, 15) is 4.79 Å². The van der Waals surface area contributed by atoms with Gasteiger partial charge in [-0.2, -0.15) is 0 Å². The zero-order valence-corrected chi connectivity index (χ0v) is 8.76. The lowest BCUT2D eigenvalue weighted by Crippen LogP contribution is -2.06. The summed E-state index contributed by atoms with van der Waals surface area (Å²) in [4.78, 5) is 11.1. The van der Waals surface area contributed by atoms with Gasteiger partial charge in [0, 0.05) is 0 Å². The minimum absolute atomic E-state index is 0.331. The van der Waals surface area contributed by atoms with Gasteiger partial charge in [0.1, 0.15) is 0 Å². The standard InChI is InChI=1S/C4H2Br2Cl2O/c5-1-2(6)3(9)4(7)8/h1,4H/b2-1-. The van der Waals surface area contributed by atoms with Crippen molar-refractivity contribution < 1.29 is 4.79 Å². The quantitative estimate of drug-likeness (QED) is 0.565. The van der Waals surface area contributed by atoms with E-state index in [0.29, 0.717) is 4.48 Å². The SMILES string of the molecule is O=C(/C(Br)=C/Br)C(Cl)Cl. The van der Waals surface area contributed by atoms with E-state index in [1.54, 1.807) is 0 Å². The largest absolute Gasteiger partial charge is 0.290 e. The molecule has 9 heavy (non-hydrogen) atoms. The summed E-state index contributed by atoms with van der Waals surface area (Å²) in [5.41, 5.74) is 0. The van der Waals surface area contributed by atoms with Crippen LogP contribution in [0.15, 0.2) is 9.47 Å². The van der Waals surface area contributed by atoms with Gasteiger partial charge in [-0.05, 0) is 20.9 Å². The van der Waals surface area contributed by atoms with Crippen LogP contribution in [0.5, 0.6) is 0 Å². The van der Waals surface area contributed by atoms with Gasteiger partial charge >= 0.3 is 0 Å². The fourth-order valence-corrected chi connectivity index (χ4v) is 1.11. The van der Waals surface area contributed by atoms with Crippen molar-refractivity contribution in [1.29, 1.82) is 0 Å². The first-order chi connectivity index (χ1) is 4.09. The van der Waals surface area contributed by atoms with Crippen LogP contribution in [0.25, 0.3) is 0 Å². The zero-order chi connectivity index (χ0) is 7.44. The van der Waals surface area contributed by atoms with Gasteiger partial charge in [0.05, 0.1) is 4.48 Å². The number of Topliss-reactive ketones (excluding diaryl/α,β-unsaturated/α-hetero) is 1. The molecule has 0 aliphatic heterocycles. The molecule has 0 radical (unpaired) electrons. The molecular formula is C4H2Br2Cl2O. The molecule has 0 aromatic heterocycles. The van der Waals surface area contributed by atoms with Gasteiger partial charge in [-0.15, -0.1) is 0 Å². The number of hydrogen-bond acceptors (Lipinski definition) is 1. The van der Waals surface area contributed by atoms with Gasteiger partial charge < -0.3 is 0 Å². The highest BCUT2D eigenvalue weighted by atomic mass is 79.9. The first kappa shape index (κ1) is 9.95. The molecule has 0 aromatic rings. The number of rotatable bonds is 2. The van der Waals surface area contributed by atoms with Gasteiger partial charge in [-0.1, -0.05) is 39.1 Å². The Bertz CT molecular complexity index is 144. The third-order valence-electron chi connectivity index (χ3n) is 0.529. The molecule has 0 rings (SSSR count). The first-order valence-electron chi connectivity index (χ1n) is 1.88. The molecule has 0 aliphatic rings. The smallest absolute Gasteiger partial charge is 0.203 e. The Morgan fingerprint density at radius 1 is 1.56 bits per heavy atom. The van der Waals surface area contributed by atoms with Crippen molar-refractivity contribution >= 4 is 60.8 Å². The minimum atomic E-state index is -0.992. The Hall–Kier alpha value is 0.950. The van der Waals surface area contributed by atoms with E-state index in [-0.39, 0.29) is 5.78 Å². The van der Waals surface area contributed by atoms with Gasteiger partial charge in [-0.3, -0.25) is 4.79 Å². The molecule has 0 heterocycles. The number of halogens is 4. The third kappa shape index (κ3) is 3.61. The van der Waals surface area contributed by atoms with Crippen molar-refractivity contribution in [2.24, 2.45) is 0 Å². The van der Waals surface area contributed by atoms with E-state index in [0.717, 1.165) is 0 Å². The molecule has 5 heteroatoms. The maximum Gasteiger partial charge on any atom is 0.203 e. The molecule has 0 saturated heterocycles. The summed E-state index contributed by atoms with van der Waals surface area (Å²) >= 11 is 16.3. The summed E-state index contributed by atoms with van der Waals surface area (Å²) in [5.74, 6) is -0.352. The van der Waals surface area contributed by atoms with Crippen LogP contribution in [-0.2, 0) is 4.79 Å². The summed E-state index contributed by atoms with van der Waals surface area (Å²) in [6.45, 7) is 0. The van der Waals surface area contributed by atoms with Crippen LogP contribution in [-0.4, -0.2) is 10.6 Å². The number of allylic oxidation sites excluding steroid dienone is 1. The Morgan fingerprint density at radius 2 is 2.00 bits per heavy atom. The van der Waals surface area contributed by atoms with Crippen molar-refractivity contribution in [2.45, 2.75) is 4.84 Å². The van der Waals surface area contributed by atoms with Crippen LogP contribution in [0.1, 0.15) is 0 Å². The fourth-order valence-electron chi connectivity index (χ4n) is 0.158. The van der Waals surface area contributed by atoms with Gasteiger partial charge in [0.15, 0.2) is 4.84 Å². The molecule has 0 bridgehead atoms. The van der Waals surface area contributed by atoms with Crippen LogP contribution < -0.4 is 0 Å². The van der Waals surface area contributed by atoms with Crippen molar-refractivity contribution in [3.63, 3.8) is 0 Å². The first-order valence-corrected chi connectivity index (χ1v) is 4.46. The maximum atomic E-state index is 10.7. The van der Waals surface area contributed by atoms with Crippen LogP contribution in [0.4, 0.5) is 0 Å². The summed E-state index contributed by atoms with van der Waals surface area (Å²) in [7, 11) is 0. The average molecular weight is 297 g/mol. The highest BCUT2D eigenvalue weighted by molar-refractivity contribution is 9.14. The predicted molar refractivity (Wildman–Crippen MR) is 46.4 cm³/mol. The molecule has 0 N–H and O–H groups in total. The Labute approximate surface area is 79.6 Å². The van der Waals surface area contributed by atoms with E-state index in [4.69, 9.17) is 23.2 Å². The van der Waals surface area contributed by atoms with Crippen molar-refractivity contribution in [1.82, 2.24) is 0 Å². The number of hydrogen-bond donors (Lipinski definition) is 0. The molecule has 1 nitrogen and oxygen atoms in total. The molecule has 0 aromatic carbocycles. The van der Waals surface area contributed by atoms with E-state index < -0.39 is 4.84 Å².